The number of thiophene rings is 1. The van der Waals surface area contributed by atoms with Crippen LogP contribution in [0.25, 0.3) is 10.4 Å². The molecular weight excluding hydrogens is 374 g/mol. The molecule has 2 unspecified atom stereocenters. The molecule has 2 heterocycles. The Morgan fingerprint density at radius 3 is 2.70 bits per heavy atom. The van der Waals surface area contributed by atoms with Crippen molar-refractivity contribution in [2.24, 2.45) is 11.8 Å². The Balaban J connectivity index is 1.69. The summed E-state index contributed by atoms with van der Waals surface area (Å²) in [6.07, 6.45) is 0.792. The van der Waals surface area contributed by atoms with Gasteiger partial charge in [-0.15, -0.1) is 11.3 Å². The van der Waals surface area contributed by atoms with Crippen LogP contribution in [0.3, 0.4) is 0 Å². The fourth-order valence-electron chi connectivity index (χ4n) is 3.22. The van der Waals surface area contributed by atoms with Crippen molar-refractivity contribution < 1.29 is 9.90 Å². The van der Waals surface area contributed by atoms with Crippen molar-refractivity contribution in [3.8, 4) is 10.4 Å². The van der Waals surface area contributed by atoms with Crippen molar-refractivity contribution >= 4 is 33.2 Å². The fourth-order valence-corrected chi connectivity index (χ4v) is 4.54. The van der Waals surface area contributed by atoms with Gasteiger partial charge in [0.1, 0.15) is 0 Å². The van der Waals surface area contributed by atoms with Crippen molar-refractivity contribution in [2.45, 2.75) is 19.9 Å². The van der Waals surface area contributed by atoms with Gasteiger partial charge in [0.25, 0.3) is 0 Å². The van der Waals surface area contributed by atoms with Crippen molar-refractivity contribution in [1.82, 2.24) is 4.90 Å². The van der Waals surface area contributed by atoms with E-state index in [-0.39, 0.29) is 5.92 Å². The highest BCUT2D eigenvalue weighted by atomic mass is 79.9. The first-order valence-electron chi connectivity index (χ1n) is 7.81. The summed E-state index contributed by atoms with van der Waals surface area (Å²) in [6.45, 7) is 4.62. The maximum atomic E-state index is 11.3. The molecule has 1 aromatic heterocycles. The standard InChI is InChI=1S/C18H20BrNO2S/c1-12-8-14(18(21)22)10-20(9-12)11-16-6-7-17(23-16)13-2-4-15(19)5-3-13/h2-7,12,14H,8-11H2,1H3,(H,21,22). The second-order valence-electron chi connectivity index (χ2n) is 6.34. The molecule has 1 aromatic carbocycles. The molecule has 5 heteroatoms. The summed E-state index contributed by atoms with van der Waals surface area (Å²) in [5.74, 6) is -0.455. The molecular formula is C18H20BrNO2S. The lowest BCUT2D eigenvalue weighted by molar-refractivity contribution is -0.144. The summed E-state index contributed by atoms with van der Waals surface area (Å²) < 4.78 is 1.08. The molecule has 0 bridgehead atoms. The maximum Gasteiger partial charge on any atom is 0.307 e. The van der Waals surface area contributed by atoms with Gasteiger partial charge in [0, 0.05) is 33.9 Å². The summed E-state index contributed by atoms with van der Waals surface area (Å²) in [5, 5.41) is 9.29. The monoisotopic (exact) mass is 393 g/mol. The molecule has 1 aliphatic rings. The van der Waals surface area contributed by atoms with E-state index in [9.17, 15) is 9.90 Å². The number of rotatable bonds is 4. The van der Waals surface area contributed by atoms with Crippen LogP contribution in [-0.4, -0.2) is 29.1 Å². The van der Waals surface area contributed by atoms with Crippen LogP contribution in [0.2, 0.25) is 0 Å². The van der Waals surface area contributed by atoms with Gasteiger partial charge in [0.2, 0.25) is 0 Å². The molecule has 1 aliphatic heterocycles. The minimum absolute atomic E-state index is 0.232. The number of likely N-dealkylation sites (tertiary alicyclic amines) is 1. The summed E-state index contributed by atoms with van der Waals surface area (Å²) in [7, 11) is 0. The Labute approximate surface area is 149 Å². The predicted molar refractivity (Wildman–Crippen MR) is 97.6 cm³/mol. The van der Waals surface area contributed by atoms with Gasteiger partial charge in [-0.2, -0.15) is 0 Å². The predicted octanol–water partition coefficient (Wildman–Crippen LogP) is 4.72. The molecule has 1 fully saturated rings. The fraction of sp³-hybridized carbons (Fsp3) is 0.389. The van der Waals surface area contributed by atoms with E-state index < -0.39 is 5.97 Å². The third-order valence-electron chi connectivity index (χ3n) is 4.25. The first-order chi connectivity index (χ1) is 11.0. The van der Waals surface area contributed by atoms with Gasteiger partial charge in [0.15, 0.2) is 0 Å². The summed E-state index contributed by atoms with van der Waals surface area (Å²) >= 11 is 5.25. The molecule has 1 saturated heterocycles. The summed E-state index contributed by atoms with van der Waals surface area (Å²) in [4.78, 5) is 16.1. The van der Waals surface area contributed by atoms with Gasteiger partial charge in [-0.05, 0) is 42.2 Å². The molecule has 23 heavy (non-hydrogen) atoms. The minimum Gasteiger partial charge on any atom is -0.481 e. The number of carboxylic acid groups (broad SMARTS) is 1. The molecule has 2 atom stereocenters. The zero-order chi connectivity index (χ0) is 16.4. The number of piperidine rings is 1. The number of carbonyl (C=O) groups is 1. The van der Waals surface area contributed by atoms with Crippen LogP contribution in [0.5, 0.6) is 0 Å². The molecule has 0 radical (unpaired) electrons. The Morgan fingerprint density at radius 2 is 2.00 bits per heavy atom. The Bertz CT molecular complexity index is 683. The molecule has 0 amide bonds. The maximum absolute atomic E-state index is 11.3. The number of halogens is 1. The highest BCUT2D eigenvalue weighted by molar-refractivity contribution is 9.10. The highest BCUT2D eigenvalue weighted by Gasteiger charge is 2.29. The van der Waals surface area contributed by atoms with E-state index in [1.807, 2.05) is 0 Å². The Morgan fingerprint density at radius 1 is 1.26 bits per heavy atom. The summed E-state index contributed by atoms with van der Waals surface area (Å²) in [6, 6.07) is 12.7. The number of benzene rings is 1. The molecule has 3 nitrogen and oxygen atoms in total. The average molecular weight is 394 g/mol. The number of aliphatic carboxylic acids is 1. The lowest BCUT2D eigenvalue weighted by Gasteiger charge is -2.34. The van der Waals surface area contributed by atoms with Crippen LogP contribution in [-0.2, 0) is 11.3 Å². The topological polar surface area (TPSA) is 40.5 Å². The lowest BCUT2D eigenvalue weighted by Crippen LogP contribution is -2.41. The minimum atomic E-state index is -0.664. The summed E-state index contributed by atoms with van der Waals surface area (Å²) in [5.41, 5.74) is 1.22. The Hall–Kier alpha value is -1.17. The first-order valence-corrected chi connectivity index (χ1v) is 9.42. The zero-order valence-electron chi connectivity index (χ0n) is 13.0. The van der Waals surface area contributed by atoms with Gasteiger partial charge in [0.05, 0.1) is 5.92 Å². The van der Waals surface area contributed by atoms with Crippen LogP contribution in [0.1, 0.15) is 18.2 Å². The van der Waals surface area contributed by atoms with E-state index in [2.05, 4.69) is 64.2 Å². The van der Waals surface area contributed by atoms with Crippen molar-refractivity contribution in [1.29, 1.82) is 0 Å². The van der Waals surface area contributed by atoms with Gasteiger partial charge in [-0.25, -0.2) is 0 Å². The molecule has 0 aliphatic carbocycles. The largest absolute Gasteiger partial charge is 0.481 e. The van der Waals surface area contributed by atoms with Crippen molar-refractivity contribution in [3.63, 3.8) is 0 Å². The zero-order valence-corrected chi connectivity index (χ0v) is 15.4. The first kappa shape index (κ1) is 16.7. The van der Waals surface area contributed by atoms with Crippen LogP contribution in [0.4, 0.5) is 0 Å². The van der Waals surface area contributed by atoms with E-state index in [0.29, 0.717) is 12.5 Å². The number of nitrogens with zero attached hydrogens (tertiary/aromatic N) is 1. The highest BCUT2D eigenvalue weighted by Crippen LogP contribution is 2.31. The van der Waals surface area contributed by atoms with E-state index in [1.165, 1.54) is 15.3 Å². The van der Waals surface area contributed by atoms with Crippen LogP contribution in [0.15, 0.2) is 40.9 Å². The number of carboxylic acids is 1. The second kappa shape index (κ2) is 7.16. The molecule has 0 spiro atoms. The van der Waals surface area contributed by atoms with E-state index in [1.54, 1.807) is 11.3 Å². The number of hydrogen-bond donors (Lipinski definition) is 1. The average Bonchev–Trinajstić information content (AvgIpc) is 2.95. The third kappa shape index (κ3) is 4.22. The molecule has 2 aromatic rings. The molecule has 1 N–H and O–H groups in total. The van der Waals surface area contributed by atoms with Gasteiger partial charge >= 0.3 is 5.97 Å². The number of hydrogen-bond acceptors (Lipinski definition) is 3. The molecule has 3 rings (SSSR count). The normalized spacial score (nSPS) is 22.2. The van der Waals surface area contributed by atoms with Crippen LogP contribution in [0, 0.1) is 11.8 Å². The van der Waals surface area contributed by atoms with Crippen LogP contribution < -0.4 is 0 Å². The SMILES string of the molecule is CC1CC(C(=O)O)CN(Cc2ccc(-c3ccc(Br)cc3)s2)C1. The quantitative estimate of drug-likeness (QED) is 0.816. The van der Waals surface area contributed by atoms with Gasteiger partial charge in [-0.1, -0.05) is 35.0 Å². The van der Waals surface area contributed by atoms with Crippen LogP contribution >= 0.6 is 27.3 Å². The van der Waals surface area contributed by atoms with E-state index in [0.717, 1.165) is 24.0 Å². The van der Waals surface area contributed by atoms with Crippen molar-refractivity contribution in [2.75, 3.05) is 13.1 Å². The molecule has 122 valence electrons. The smallest absolute Gasteiger partial charge is 0.307 e. The van der Waals surface area contributed by atoms with E-state index in [4.69, 9.17) is 0 Å². The lowest BCUT2D eigenvalue weighted by atomic mass is 9.90. The third-order valence-corrected chi connectivity index (χ3v) is 5.90. The second-order valence-corrected chi connectivity index (χ2v) is 8.43. The van der Waals surface area contributed by atoms with Crippen molar-refractivity contribution in [3.05, 3.63) is 45.7 Å². The van der Waals surface area contributed by atoms with Gasteiger partial charge in [-0.3, -0.25) is 9.69 Å². The molecule has 0 saturated carbocycles. The van der Waals surface area contributed by atoms with Gasteiger partial charge < -0.3 is 5.11 Å². The van der Waals surface area contributed by atoms with E-state index >= 15 is 0 Å². The Kier molecular flexibility index (Phi) is 5.19.